The van der Waals surface area contributed by atoms with E-state index in [0.29, 0.717) is 5.95 Å². The summed E-state index contributed by atoms with van der Waals surface area (Å²) >= 11 is 0. The zero-order valence-electron chi connectivity index (χ0n) is 8.42. The van der Waals surface area contributed by atoms with Crippen LogP contribution in [0.15, 0.2) is 36.2 Å². The highest BCUT2D eigenvalue weighted by atomic mass is 16.7. The first kappa shape index (κ1) is 9.38. The average Bonchev–Trinajstić information content (AvgIpc) is 2.76. The second-order valence-corrected chi connectivity index (χ2v) is 3.70. The van der Waals surface area contributed by atoms with Gasteiger partial charge in [-0.15, -0.1) is 0 Å². The number of allylic oxidation sites excluding steroid dienone is 4. The minimum absolute atomic E-state index is 0.423. The second-order valence-electron chi connectivity index (χ2n) is 3.70. The van der Waals surface area contributed by atoms with Crippen LogP contribution in [0.2, 0.25) is 0 Å². The Labute approximate surface area is 84.9 Å². The highest BCUT2D eigenvalue weighted by molar-refractivity contribution is 5.05. The molecule has 0 aromatic heterocycles. The lowest BCUT2D eigenvalue weighted by Gasteiger charge is -2.10. The predicted molar refractivity (Wildman–Crippen MR) is 55.2 cm³/mol. The van der Waals surface area contributed by atoms with Gasteiger partial charge in [0, 0.05) is 12.8 Å². The van der Waals surface area contributed by atoms with Gasteiger partial charge in [0.25, 0.3) is 5.95 Å². The summed E-state index contributed by atoms with van der Waals surface area (Å²) in [4.78, 5) is 0. The van der Waals surface area contributed by atoms with Crippen LogP contribution in [0.3, 0.4) is 0 Å². The molecule has 0 saturated carbocycles. The van der Waals surface area contributed by atoms with Gasteiger partial charge < -0.3 is 9.47 Å². The van der Waals surface area contributed by atoms with Crippen LogP contribution < -0.4 is 0 Å². The molecule has 0 atom stereocenters. The fourth-order valence-electron chi connectivity index (χ4n) is 1.78. The molecule has 0 radical (unpaired) electrons. The molecular formula is C12H16O2. The van der Waals surface area contributed by atoms with Crippen molar-refractivity contribution in [2.24, 2.45) is 0 Å². The van der Waals surface area contributed by atoms with Gasteiger partial charge in [-0.1, -0.05) is 0 Å². The molecule has 2 aliphatic rings. The monoisotopic (exact) mass is 192 g/mol. The van der Waals surface area contributed by atoms with Crippen molar-refractivity contribution in [3.63, 3.8) is 0 Å². The molecule has 2 nitrogen and oxygen atoms in total. The molecule has 0 fully saturated rings. The Balaban J connectivity index is 1.78. The molecule has 0 aliphatic heterocycles. The van der Waals surface area contributed by atoms with Crippen LogP contribution in [0.5, 0.6) is 0 Å². The first-order chi connectivity index (χ1) is 6.84. The van der Waals surface area contributed by atoms with Crippen molar-refractivity contribution >= 4 is 0 Å². The van der Waals surface area contributed by atoms with Crippen LogP contribution in [0.1, 0.15) is 38.5 Å². The molecule has 76 valence electrons. The van der Waals surface area contributed by atoms with Gasteiger partial charge in [0.15, 0.2) is 0 Å². The van der Waals surface area contributed by atoms with E-state index in [1.54, 1.807) is 0 Å². The van der Waals surface area contributed by atoms with E-state index in [2.05, 4.69) is 18.7 Å². The highest BCUT2D eigenvalue weighted by Crippen LogP contribution is 2.25. The van der Waals surface area contributed by atoms with Crippen LogP contribution >= 0.6 is 0 Å². The lowest BCUT2D eigenvalue weighted by atomic mass is 10.4. The smallest absolute Gasteiger partial charge is 0.281 e. The molecular weight excluding hydrogens is 176 g/mol. The predicted octanol–water partition coefficient (Wildman–Crippen LogP) is 3.63. The minimum Gasteiger partial charge on any atom is -0.431 e. The molecule has 0 aromatic rings. The van der Waals surface area contributed by atoms with E-state index in [1.165, 1.54) is 12.8 Å². The molecule has 0 spiro atoms. The second kappa shape index (κ2) is 4.36. The van der Waals surface area contributed by atoms with Gasteiger partial charge in [0.05, 0.1) is 0 Å². The molecule has 2 heteroatoms. The standard InChI is InChI=1S/C12H16O2/c1-10(13-11-6-2-3-7-11)14-12-8-4-5-9-12/h6,8H,1-5,7,9H2. The topological polar surface area (TPSA) is 18.5 Å². The van der Waals surface area contributed by atoms with Crippen molar-refractivity contribution < 1.29 is 9.47 Å². The van der Waals surface area contributed by atoms with Gasteiger partial charge in [0.1, 0.15) is 11.5 Å². The van der Waals surface area contributed by atoms with E-state index >= 15 is 0 Å². The maximum Gasteiger partial charge on any atom is 0.281 e. The van der Waals surface area contributed by atoms with E-state index in [4.69, 9.17) is 9.47 Å². The Morgan fingerprint density at radius 2 is 1.50 bits per heavy atom. The Kier molecular flexibility index (Phi) is 2.92. The maximum absolute atomic E-state index is 5.48. The van der Waals surface area contributed by atoms with E-state index < -0.39 is 0 Å². The van der Waals surface area contributed by atoms with Gasteiger partial charge in [0.2, 0.25) is 0 Å². The fourth-order valence-corrected chi connectivity index (χ4v) is 1.78. The lowest BCUT2D eigenvalue weighted by Crippen LogP contribution is -1.95. The summed E-state index contributed by atoms with van der Waals surface area (Å²) in [6.45, 7) is 3.76. The molecule has 0 aromatic carbocycles. The van der Waals surface area contributed by atoms with Crippen molar-refractivity contribution in [1.82, 2.24) is 0 Å². The summed E-state index contributed by atoms with van der Waals surface area (Å²) in [6, 6.07) is 0. The molecule has 2 rings (SSSR count). The summed E-state index contributed by atoms with van der Waals surface area (Å²) < 4.78 is 11.0. The van der Waals surface area contributed by atoms with E-state index in [0.717, 1.165) is 37.2 Å². The summed E-state index contributed by atoms with van der Waals surface area (Å²) in [5, 5.41) is 0. The molecule has 0 bridgehead atoms. The number of ether oxygens (including phenoxy) is 2. The van der Waals surface area contributed by atoms with Crippen molar-refractivity contribution in [2.75, 3.05) is 0 Å². The average molecular weight is 192 g/mol. The fraction of sp³-hybridized carbons (Fsp3) is 0.500. The van der Waals surface area contributed by atoms with Gasteiger partial charge in [-0.05, 0) is 44.4 Å². The molecule has 0 unspecified atom stereocenters. The van der Waals surface area contributed by atoms with Gasteiger partial charge in [-0.3, -0.25) is 0 Å². The van der Waals surface area contributed by atoms with Gasteiger partial charge in [-0.25, -0.2) is 0 Å². The SMILES string of the molecule is C=C(OC1=CCCC1)OC1=CCCC1. The first-order valence-electron chi connectivity index (χ1n) is 5.27. The van der Waals surface area contributed by atoms with Crippen molar-refractivity contribution in [1.29, 1.82) is 0 Å². The van der Waals surface area contributed by atoms with Crippen LogP contribution in [0, 0.1) is 0 Å². The Morgan fingerprint density at radius 1 is 1.00 bits per heavy atom. The van der Waals surface area contributed by atoms with Crippen LogP contribution in [0.25, 0.3) is 0 Å². The number of rotatable bonds is 4. The zero-order chi connectivity index (χ0) is 9.80. The van der Waals surface area contributed by atoms with E-state index in [9.17, 15) is 0 Å². The lowest BCUT2D eigenvalue weighted by molar-refractivity contribution is 0.109. The van der Waals surface area contributed by atoms with Crippen molar-refractivity contribution in [3.05, 3.63) is 36.2 Å². The van der Waals surface area contributed by atoms with Crippen LogP contribution in [0.4, 0.5) is 0 Å². The summed E-state index contributed by atoms with van der Waals surface area (Å²) in [6.07, 6.45) is 10.9. The normalized spacial score (nSPS) is 20.3. The van der Waals surface area contributed by atoms with Crippen molar-refractivity contribution in [3.8, 4) is 0 Å². The van der Waals surface area contributed by atoms with E-state index in [-0.39, 0.29) is 0 Å². The molecule has 0 saturated heterocycles. The first-order valence-corrected chi connectivity index (χ1v) is 5.27. The highest BCUT2D eigenvalue weighted by Gasteiger charge is 2.11. The third-order valence-corrected chi connectivity index (χ3v) is 2.49. The molecule has 0 amide bonds. The zero-order valence-corrected chi connectivity index (χ0v) is 8.42. The largest absolute Gasteiger partial charge is 0.431 e. The molecule has 2 aliphatic carbocycles. The summed E-state index contributed by atoms with van der Waals surface area (Å²) in [5.74, 6) is 2.44. The summed E-state index contributed by atoms with van der Waals surface area (Å²) in [5.41, 5.74) is 0. The molecule has 0 heterocycles. The maximum atomic E-state index is 5.48. The Bertz CT molecular complexity index is 259. The molecule has 14 heavy (non-hydrogen) atoms. The van der Waals surface area contributed by atoms with Crippen LogP contribution in [-0.2, 0) is 9.47 Å². The number of hydrogen-bond donors (Lipinski definition) is 0. The quantitative estimate of drug-likeness (QED) is 0.633. The third-order valence-electron chi connectivity index (χ3n) is 2.49. The van der Waals surface area contributed by atoms with Crippen molar-refractivity contribution in [2.45, 2.75) is 38.5 Å². The van der Waals surface area contributed by atoms with E-state index in [1.807, 2.05) is 0 Å². The Hall–Kier alpha value is -1.18. The number of hydrogen-bond acceptors (Lipinski definition) is 2. The van der Waals surface area contributed by atoms with Crippen LogP contribution in [-0.4, -0.2) is 0 Å². The van der Waals surface area contributed by atoms with Gasteiger partial charge >= 0.3 is 0 Å². The molecule has 0 N–H and O–H groups in total. The summed E-state index contributed by atoms with van der Waals surface area (Å²) in [7, 11) is 0. The van der Waals surface area contributed by atoms with Gasteiger partial charge in [-0.2, -0.15) is 0 Å². The minimum atomic E-state index is 0.423. The Morgan fingerprint density at radius 3 is 1.86 bits per heavy atom. The third kappa shape index (κ3) is 2.41.